The van der Waals surface area contributed by atoms with E-state index in [0.29, 0.717) is 5.69 Å². The number of aromatic nitrogens is 1. The van der Waals surface area contributed by atoms with Gasteiger partial charge in [0, 0.05) is 42.8 Å². The predicted molar refractivity (Wildman–Crippen MR) is 103 cm³/mol. The Balaban J connectivity index is 0.00000243. The van der Waals surface area contributed by atoms with Gasteiger partial charge in [0.15, 0.2) is 0 Å². The molecular formula is C19H22ClN3O3. The van der Waals surface area contributed by atoms with E-state index in [9.17, 15) is 9.59 Å². The van der Waals surface area contributed by atoms with E-state index in [-0.39, 0.29) is 30.7 Å². The number of carboxylic acids is 1. The normalized spacial score (nSPS) is 14.4. The van der Waals surface area contributed by atoms with E-state index in [1.165, 1.54) is 0 Å². The summed E-state index contributed by atoms with van der Waals surface area (Å²) in [5.74, 6) is -0.838. The molecule has 1 aromatic carbocycles. The molecule has 7 heteroatoms. The molecule has 0 bridgehead atoms. The summed E-state index contributed by atoms with van der Waals surface area (Å²) in [7, 11) is 0. The van der Waals surface area contributed by atoms with Crippen LogP contribution in [0.25, 0.3) is 0 Å². The average molecular weight is 376 g/mol. The Kier molecular flexibility index (Phi) is 6.97. The molecule has 1 saturated heterocycles. The van der Waals surface area contributed by atoms with Crippen LogP contribution in [-0.4, -0.2) is 35.1 Å². The van der Waals surface area contributed by atoms with Crippen LogP contribution in [0.5, 0.6) is 0 Å². The number of nitrogens with zero attached hydrogens (tertiary/aromatic N) is 2. The molecule has 1 aliphatic heterocycles. The fourth-order valence-corrected chi connectivity index (χ4v) is 3.08. The van der Waals surface area contributed by atoms with E-state index in [1.807, 2.05) is 12.1 Å². The molecule has 138 valence electrons. The fraction of sp³-hybridized carbons (Fsp3) is 0.316. The summed E-state index contributed by atoms with van der Waals surface area (Å²) >= 11 is 0. The molecule has 1 aliphatic rings. The number of rotatable bonds is 5. The highest BCUT2D eigenvalue weighted by Crippen LogP contribution is 2.24. The van der Waals surface area contributed by atoms with Gasteiger partial charge in [-0.3, -0.25) is 14.6 Å². The maximum Gasteiger partial charge on any atom is 0.307 e. The molecule has 0 aliphatic carbocycles. The van der Waals surface area contributed by atoms with Crippen LogP contribution in [0.4, 0.5) is 11.4 Å². The van der Waals surface area contributed by atoms with Crippen LogP contribution < -0.4 is 10.2 Å². The number of pyridine rings is 1. The Hall–Kier alpha value is -2.60. The summed E-state index contributed by atoms with van der Waals surface area (Å²) in [5.41, 5.74) is 2.56. The van der Waals surface area contributed by atoms with Gasteiger partial charge in [-0.1, -0.05) is 12.1 Å². The quantitative estimate of drug-likeness (QED) is 0.839. The first-order chi connectivity index (χ1) is 12.1. The van der Waals surface area contributed by atoms with Crippen LogP contribution in [0, 0.1) is 5.92 Å². The lowest BCUT2D eigenvalue weighted by atomic mass is 9.95. The second kappa shape index (κ2) is 9.20. The number of aliphatic carboxylic acids is 1. The van der Waals surface area contributed by atoms with Gasteiger partial charge in [-0.05, 0) is 42.7 Å². The van der Waals surface area contributed by atoms with Crippen LogP contribution >= 0.6 is 12.4 Å². The second-order valence-electron chi connectivity index (χ2n) is 6.22. The third kappa shape index (κ3) is 5.20. The molecule has 0 atom stereocenters. The monoisotopic (exact) mass is 375 g/mol. The number of nitrogens with one attached hydrogen (secondary N) is 1. The minimum absolute atomic E-state index is 0. The molecule has 26 heavy (non-hydrogen) atoms. The summed E-state index contributed by atoms with van der Waals surface area (Å²) in [6.45, 7) is 1.69. The lowest BCUT2D eigenvalue weighted by Gasteiger charge is -2.32. The van der Waals surface area contributed by atoms with Crippen molar-refractivity contribution in [3.8, 4) is 0 Å². The lowest BCUT2D eigenvalue weighted by Crippen LogP contribution is -2.38. The van der Waals surface area contributed by atoms with Gasteiger partial charge in [0.2, 0.25) is 5.91 Å². The maximum atomic E-state index is 12.4. The summed E-state index contributed by atoms with van der Waals surface area (Å²) in [4.78, 5) is 29.4. The molecule has 1 fully saturated rings. The molecule has 1 aromatic heterocycles. The van der Waals surface area contributed by atoms with Gasteiger partial charge in [0.1, 0.15) is 0 Å². The Bertz CT molecular complexity index is 729. The first-order valence-corrected chi connectivity index (χ1v) is 8.38. The van der Waals surface area contributed by atoms with Crippen molar-refractivity contribution < 1.29 is 14.7 Å². The van der Waals surface area contributed by atoms with Gasteiger partial charge >= 0.3 is 5.97 Å². The van der Waals surface area contributed by atoms with Gasteiger partial charge in [-0.25, -0.2) is 0 Å². The Morgan fingerprint density at radius 3 is 2.27 bits per heavy atom. The number of amides is 1. The molecule has 6 nitrogen and oxygen atoms in total. The largest absolute Gasteiger partial charge is 0.481 e. The standard InChI is InChI=1S/C19H21N3O3.ClH/c23-18(24)13-14-1-3-16(4-2-14)21-19(25)15-7-11-22(12-8-15)17-5-9-20-10-6-17;/h1-6,9-10,15H,7-8,11-13H2,(H,21,25)(H,23,24);1H. The lowest BCUT2D eigenvalue weighted by molar-refractivity contribution is -0.136. The number of carboxylic acid groups (broad SMARTS) is 1. The number of benzene rings is 1. The molecule has 2 N–H and O–H groups in total. The minimum Gasteiger partial charge on any atom is -0.481 e. The molecule has 1 amide bonds. The number of carbonyl (C=O) groups excluding carboxylic acids is 1. The Morgan fingerprint density at radius 2 is 1.69 bits per heavy atom. The van der Waals surface area contributed by atoms with Crippen LogP contribution in [0.15, 0.2) is 48.8 Å². The van der Waals surface area contributed by atoms with Gasteiger partial charge < -0.3 is 15.3 Å². The van der Waals surface area contributed by atoms with Crippen molar-refractivity contribution in [3.05, 3.63) is 54.4 Å². The highest BCUT2D eigenvalue weighted by atomic mass is 35.5. The molecule has 0 unspecified atom stereocenters. The fourth-order valence-electron chi connectivity index (χ4n) is 3.08. The van der Waals surface area contributed by atoms with Crippen molar-refractivity contribution in [1.82, 2.24) is 4.98 Å². The van der Waals surface area contributed by atoms with E-state index in [0.717, 1.165) is 37.2 Å². The number of anilines is 2. The Labute approximate surface area is 158 Å². The SMILES string of the molecule is Cl.O=C(O)Cc1ccc(NC(=O)C2CCN(c3ccncc3)CC2)cc1. The highest BCUT2D eigenvalue weighted by Gasteiger charge is 2.25. The average Bonchev–Trinajstić information content (AvgIpc) is 2.64. The van der Waals surface area contributed by atoms with E-state index < -0.39 is 5.97 Å². The topological polar surface area (TPSA) is 82.5 Å². The van der Waals surface area contributed by atoms with Crippen LogP contribution in [0.3, 0.4) is 0 Å². The van der Waals surface area contributed by atoms with Crippen molar-refractivity contribution in [2.75, 3.05) is 23.3 Å². The number of piperidine rings is 1. The first-order valence-electron chi connectivity index (χ1n) is 8.38. The number of hydrogen-bond donors (Lipinski definition) is 2. The minimum atomic E-state index is -0.863. The summed E-state index contributed by atoms with van der Waals surface area (Å²) in [6.07, 6.45) is 5.17. The van der Waals surface area contributed by atoms with Crippen molar-refractivity contribution >= 4 is 35.7 Å². The summed E-state index contributed by atoms with van der Waals surface area (Å²) in [5, 5.41) is 11.7. The zero-order chi connectivity index (χ0) is 17.6. The van der Waals surface area contributed by atoms with Gasteiger partial charge in [-0.2, -0.15) is 0 Å². The molecule has 2 heterocycles. The maximum absolute atomic E-state index is 12.4. The third-order valence-corrected chi connectivity index (χ3v) is 4.47. The van der Waals surface area contributed by atoms with Crippen LogP contribution in [0.1, 0.15) is 18.4 Å². The van der Waals surface area contributed by atoms with E-state index in [2.05, 4.69) is 15.2 Å². The van der Waals surface area contributed by atoms with Crippen molar-refractivity contribution in [3.63, 3.8) is 0 Å². The van der Waals surface area contributed by atoms with E-state index >= 15 is 0 Å². The van der Waals surface area contributed by atoms with E-state index in [1.54, 1.807) is 36.7 Å². The predicted octanol–water partition coefficient (Wildman–Crippen LogP) is 2.99. The zero-order valence-corrected chi connectivity index (χ0v) is 15.1. The zero-order valence-electron chi connectivity index (χ0n) is 14.3. The molecule has 3 rings (SSSR count). The molecule has 2 aromatic rings. The number of halogens is 1. The van der Waals surface area contributed by atoms with Gasteiger partial charge in [-0.15, -0.1) is 12.4 Å². The van der Waals surface area contributed by atoms with Crippen molar-refractivity contribution in [2.24, 2.45) is 5.92 Å². The van der Waals surface area contributed by atoms with Crippen LogP contribution in [0.2, 0.25) is 0 Å². The summed E-state index contributed by atoms with van der Waals surface area (Å²) in [6, 6.07) is 10.9. The van der Waals surface area contributed by atoms with Crippen molar-refractivity contribution in [1.29, 1.82) is 0 Å². The first kappa shape index (κ1) is 19.7. The molecule has 0 saturated carbocycles. The Morgan fingerprint density at radius 1 is 1.08 bits per heavy atom. The van der Waals surface area contributed by atoms with E-state index in [4.69, 9.17) is 5.11 Å². The highest BCUT2D eigenvalue weighted by molar-refractivity contribution is 5.92. The van der Waals surface area contributed by atoms with Crippen molar-refractivity contribution in [2.45, 2.75) is 19.3 Å². The molecular weight excluding hydrogens is 354 g/mol. The third-order valence-electron chi connectivity index (χ3n) is 4.47. The summed E-state index contributed by atoms with van der Waals surface area (Å²) < 4.78 is 0. The van der Waals surface area contributed by atoms with Crippen LogP contribution in [-0.2, 0) is 16.0 Å². The molecule has 0 spiro atoms. The number of hydrogen-bond acceptors (Lipinski definition) is 4. The van der Waals surface area contributed by atoms with Gasteiger partial charge in [0.05, 0.1) is 6.42 Å². The smallest absolute Gasteiger partial charge is 0.307 e. The second-order valence-corrected chi connectivity index (χ2v) is 6.22. The molecule has 0 radical (unpaired) electrons. The van der Waals surface area contributed by atoms with Gasteiger partial charge in [0.25, 0.3) is 0 Å². The number of carbonyl (C=O) groups is 2.